The number of unbranched alkanes of at least 4 members (excludes halogenated alkanes) is 10. The zero-order valence-corrected chi connectivity index (χ0v) is 14.4. The molecule has 0 saturated carbocycles. The summed E-state index contributed by atoms with van der Waals surface area (Å²) in [6.45, 7) is 2.29. The molecular weight excluding hydrogens is 259 g/mol. The lowest BCUT2D eigenvalue weighted by Gasteiger charge is -2.03. The van der Waals surface area contributed by atoms with Crippen LogP contribution in [0, 0.1) is 0 Å². The highest BCUT2D eigenvalue weighted by Gasteiger charge is 1.94. The highest BCUT2D eigenvalue weighted by Crippen LogP contribution is 2.15. The quantitative estimate of drug-likeness (QED) is 0.295. The Bertz CT molecular complexity index is 294. The molecule has 0 fully saturated rings. The Balaban J connectivity index is 1.77. The zero-order valence-electron chi connectivity index (χ0n) is 13.4. The van der Waals surface area contributed by atoms with Gasteiger partial charge in [-0.1, -0.05) is 110 Å². The summed E-state index contributed by atoms with van der Waals surface area (Å²) in [4.78, 5) is 0. The summed E-state index contributed by atoms with van der Waals surface area (Å²) in [5.74, 6) is 0. The van der Waals surface area contributed by atoms with Crippen LogP contribution in [0.4, 0.5) is 0 Å². The summed E-state index contributed by atoms with van der Waals surface area (Å²) in [7, 11) is 1.02. The predicted molar refractivity (Wildman–Crippen MR) is 95.7 cm³/mol. The Kier molecular flexibility index (Phi) is 12.1. The van der Waals surface area contributed by atoms with Crippen LogP contribution in [-0.2, 0) is 0 Å². The highest BCUT2D eigenvalue weighted by atomic mass is 31.1. The molecule has 0 aliphatic heterocycles. The van der Waals surface area contributed by atoms with E-state index in [9.17, 15) is 0 Å². The molecule has 0 bridgehead atoms. The second-order valence-electron chi connectivity index (χ2n) is 5.83. The van der Waals surface area contributed by atoms with Crippen LogP contribution in [0.3, 0.4) is 0 Å². The van der Waals surface area contributed by atoms with Crippen LogP contribution in [0.5, 0.6) is 0 Å². The zero-order chi connectivity index (χ0) is 14.3. The first kappa shape index (κ1) is 17.7. The van der Waals surface area contributed by atoms with Gasteiger partial charge >= 0.3 is 0 Å². The van der Waals surface area contributed by atoms with Gasteiger partial charge in [0, 0.05) is 0 Å². The molecule has 1 unspecified atom stereocenters. The van der Waals surface area contributed by atoms with Gasteiger partial charge in [0.25, 0.3) is 0 Å². The van der Waals surface area contributed by atoms with Crippen LogP contribution in [0.25, 0.3) is 0 Å². The fourth-order valence-corrected chi connectivity index (χ4v) is 3.72. The van der Waals surface area contributed by atoms with E-state index in [4.69, 9.17) is 0 Å². The van der Waals surface area contributed by atoms with Crippen molar-refractivity contribution in [2.24, 2.45) is 0 Å². The first-order valence-corrected chi connectivity index (χ1v) is 9.93. The lowest BCUT2D eigenvalue weighted by molar-refractivity contribution is 0.555. The molecule has 1 aromatic rings. The van der Waals surface area contributed by atoms with Gasteiger partial charge in [-0.05, 0) is 17.9 Å². The van der Waals surface area contributed by atoms with Crippen molar-refractivity contribution in [3.63, 3.8) is 0 Å². The highest BCUT2D eigenvalue weighted by molar-refractivity contribution is 7.47. The van der Waals surface area contributed by atoms with E-state index in [1.165, 1.54) is 82.1 Å². The minimum Gasteiger partial charge on any atom is -0.0904 e. The Hall–Kier alpha value is -0.350. The van der Waals surface area contributed by atoms with Crippen LogP contribution in [-0.4, -0.2) is 6.16 Å². The molecule has 0 radical (unpaired) electrons. The van der Waals surface area contributed by atoms with E-state index in [0.29, 0.717) is 0 Å². The maximum atomic E-state index is 2.29. The molecule has 1 rings (SSSR count). The first-order chi connectivity index (χ1) is 9.93. The molecule has 20 heavy (non-hydrogen) atoms. The minimum absolute atomic E-state index is 1.02. The average molecular weight is 292 g/mol. The third-order valence-corrected chi connectivity index (χ3v) is 5.23. The van der Waals surface area contributed by atoms with E-state index in [-0.39, 0.29) is 0 Å². The van der Waals surface area contributed by atoms with Crippen LogP contribution in [0.1, 0.15) is 77.6 Å². The van der Waals surface area contributed by atoms with Crippen molar-refractivity contribution >= 4 is 13.9 Å². The average Bonchev–Trinajstić information content (AvgIpc) is 2.49. The molecule has 0 aliphatic rings. The van der Waals surface area contributed by atoms with Gasteiger partial charge in [0.05, 0.1) is 0 Å². The molecule has 0 heterocycles. The minimum atomic E-state index is 1.02. The van der Waals surface area contributed by atoms with Crippen LogP contribution >= 0.6 is 8.58 Å². The largest absolute Gasteiger partial charge is 0.0904 e. The molecule has 1 atom stereocenters. The molecule has 0 amide bonds. The summed E-state index contributed by atoms with van der Waals surface area (Å²) in [5, 5.41) is 1.53. The summed E-state index contributed by atoms with van der Waals surface area (Å²) in [6, 6.07) is 10.9. The molecular formula is C19H33P. The summed E-state index contributed by atoms with van der Waals surface area (Å²) < 4.78 is 0. The normalized spacial score (nSPS) is 11.4. The Labute approximate surface area is 128 Å². The number of benzene rings is 1. The van der Waals surface area contributed by atoms with Crippen molar-refractivity contribution in [1.82, 2.24) is 0 Å². The fourth-order valence-electron chi connectivity index (χ4n) is 2.58. The molecule has 0 N–H and O–H groups in total. The van der Waals surface area contributed by atoms with Crippen molar-refractivity contribution in [2.45, 2.75) is 77.6 Å². The maximum absolute atomic E-state index is 2.29. The number of hydrogen-bond acceptors (Lipinski definition) is 0. The van der Waals surface area contributed by atoms with Gasteiger partial charge in [-0.25, -0.2) is 0 Å². The second kappa shape index (κ2) is 13.6. The van der Waals surface area contributed by atoms with E-state index in [0.717, 1.165) is 8.58 Å². The predicted octanol–water partition coefficient (Wildman–Crippen LogP) is 6.30. The maximum Gasteiger partial charge on any atom is -0.0271 e. The molecule has 0 saturated heterocycles. The van der Waals surface area contributed by atoms with Crippen molar-refractivity contribution in [3.05, 3.63) is 30.3 Å². The Morgan fingerprint density at radius 3 is 1.70 bits per heavy atom. The molecule has 0 aliphatic carbocycles. The molecule has 114 valence electrons. The Morgan fingerprint density at radius 2 is 1.15 bits per heavy atom. The molecule has 0 spiro atoms. The first-order valence-electron chi connectivity index (χ1n) is 8.72. The number of hydrogen-bond donors (Lipinski definition) is 0. The second-order valence-corrected chi connectivity index (χ2v) is 7.26. The molecule has 1 heteroatoms. The molecule has 0 nitrogen and oxygen atoms in total. The summed E-state index contributed by atoms with van der Waals surface area (Å²) >= 11 is 0. The van der Waals surface area contributed by atoms with Crippen LogP contribution in [0.2, 0.25) is 0 Å². The molecule has 0 aromatic heterocycles. The van der Waals surface area contributed by atoms with Crippen molar-refractivity contribution in [1.29, 1.82) is 0 Å². The topological polar surface area (TPSA) is 0 Å². The lowest BCUT2D eigenvalue weighted by Crippen LogP contribution is -1.93. The van der Waals surface area contributed by atoms with E-state index in [1.807, 2.05) is 0 Å². The number of rotatable bonds is 13. The van der Waals surface area contributed by atoms with Crippen LogP contribution in [0.15, 0.2) is 30.3 Å². The van der Waals surface area contributed by atoms with Gasteiger partial charge in [-0.15, -0.1) is 0 Å². The van der Waals surface area contributed by atoms with E-state index in [1.54, 1.807) is 0 Å². The molecule has 1 aromatic carbocycles. The third kappa shape index (κ3) is 10.4. The van der Waals surface area contributed by atoms with Gasteiger partial charge in [0.1, 0.15) is 0 Å². The Morgan fingerprint density at radius 1 is 0.650 bits per heavy atom. The van der Waals surface area contributed by atoms with Gasteiger partial charge in [-0.2, -0.15) is 0 Å². The third-order valence-electron chi connectivity index (χ3n) is 3.88. The fraction of sp³-hybridized carbons (Fsp3) is 0.684. The van der Waals surface area contributed by atoms with Gasteiger partial charge < -0.3 is 0 Å². The SMILES string of the molecule is CCCCCCCCCCCCCPc1ccccc1. The van der Waals surface area contributed by atoms with Crippen molar-refractivity contribution in [2.75, 3.05) is 6.16 Å². The van der Waals surface area contributed by atoms with Gasteiger partial charge in [0.2, 0.25) is 0 Å². The van der Waals surface area contributed by atoms with E-state index < -0.39 is 0 Å². The van der Waals surface area contributed by atoms with Crippen molar-refractivity contribution < 1.29 is 0 Å². The standard InChI is InChI=1S/C19H33P/c1-2-3-4-5-6-7-8-9-10-11-15-18-20-19-16-13-12-14-17-19/h12-14,16-17,20H,2-11,15,18H2,1H3. The van der Waals surface area contributed by atoms with E-state index in [2.05, 4.69) is 37.3 Å². The smallest absolute Gasteiger partial charge is 0.0271 e. The monoisotopic (exact) mass is 292 g/mol. The van der Waals surface area contributed by atoms with Gasteiger partial charge in [0.15, 0.2) is 0 Å². The summed E-state index contributed by atoms with van der Waals surface area (Å²) in [5.41, 5.74) is 0. The summed E-state index contributed by atoms with van der Waals surface area (Å²) in [6.07, 6.45) is 17.3. The van der Waals surface area contributed by atoms with E-state index >= 15 is 0 Å². The van der Waals surface area contributed by atoms with Gasteiger partial charge in [-0.3, -0.25) is 0 Å². The van der Waals surface area contributed by atoms with Crippen LogP contribution < -0.4 is 5.30 Å². The van der Waals surface area contributed by atoms with Crippen molar-refractivity contribution in [3.8, 4) is 0 Å². The lowest BCUT2D eigenvalue weighted by atomic mass is 10.1.